The van der Waals surface area contributed by atoms with Crippen LogP contribution < -0.4 is 15.2 Å². The van der Waals surface area contributed by atoms with E-state index in [4.69, 9.17) is 10.7 Å². The third-order valence-electron chi connectivity index (χ3n) is 7.32. The predicted octanol–water partition coefficient (Wildman–Crippen LogP) is 3.48. The molecule has 186 valence electrons. The van der Waals surface area contributed by atoms with E-state index in [0.717, 1.165) is 11.1 Å². The molecule has 3 atom stereocenters. The van der Waals surface area contributed by atoms with Crippen LogP contribution >= 0.6 is 0 Å². The average Bonchev–Trinajstić information content (AvgIpc) is 3.07. The van der Waals surface area contributed by atoms with E-state index in [2.05, 4.69) is 0 Å². The van der Waals surface area contributed by atoms with E-state index in [0.29, 0.717) is 34.8 Å². The lowest BCUT2D eigenvalue weighted by Gasteiger charge is -2.43. The van der Waals surface area contributed by atoms with E-state index >= 15 is 0 Å². The summed E-state index contributed by atoms with van der Waals surface area (Å²) in [6.45, 7) is 3.57. The Hall–Kier alpha value is -4.34. The molecule has 9 heteroatoms. The summed E-state index contributed by atoms with van der Waals surface area (Å²) in [4.78, 5) is 48.7. The second kappa shape index (κ2) is 8.09. The summed E-state index contributed by atoms with van der Waals surface area (Å²) < 4.78 is -0.553. The first-order chi connectivity index (χ1) is 17.8. The van der Waals surface area contributed by atoms with E-state index in [-0.39, 0.29) is 0 Å². The Morgan fingerprint density at radius 3 is 2.38 bits per heavy atom. The van der Waals surface area contributed by atoms with Crippen molar-refractivity contribution in [2.45, 2.75) is 32.5 Å². The molecule has 1 saturated heterocycles. The molecule has 0 aromatic heterocycles. The van der Waals surface area contributed by atoms with Gasteiger partial charge < -0.3 is 5.73 Å². The predicted molar refractivity (Wildman–Crippen MR) is 141 cm³/mol. The monoisotopic (exact) mass is 495 g/mol. The van der Waals surface area contributed by atoms with Crippen LogP contribution in [0.1, 0.15) is 30.5 Å². The SMILES string of the molecule is CCc1ccccc1N1C(=O)N2C3N=C(c4ccccc4)c4c1cccc4[N@+](C)(C3=O)N2C(=O)[C@H](C)N. The second-order valence-corrected chi connectivity index (χ2v) is 9.55. The van der Waals surface area contributed by atoms with Crippen molar-refractivity contribution in [2.24, 2.45) is 10.7 Å². The average molecular weight is 496 g/mol. The molecule has 0 saturated carbocycles. The first kappa shape index (κ1) is 23.1. The molecule has 1 fully saturated rings. The van der Waals surface area contributed by atoms with Gasteiger partial charge in [0.05, 0.1) is 28.7 Å². The molecule has 4 heterocycles. The molecule has 6 bridgehead atoms. The number of para-hydroxylation sites is 1. The summed E-state index contributed by atoms with van der Waals surface area (Å²) in [5.41, 5.74) is 10.9. The van der Waals surface area contributed by atoms with Gasteiger partial charge in [0.1, 0.15) is 7.05 Å². The summed E-state index contributed by atoms with van der Waals surface area (Å²) >= 11 is 0. The number of fused-ring (bicyclic) bond motifs is 1. The van der Waals surface area contributed by atoms with Gasteiger partial charge >= 0.3 is 17.8 Å². The van der Waals surface area contributed by atoms with Crippen molar-refractivity contribution in [1.82, 2.24) is 14.7 Å². The molecule has 4 amide bonds. The molecule has 2 N–H and O–H groups in total. The van der Waals surface area contributed by atoms with Crippen LogP contribution in [-0.4, -0.2) is 52.9 Å². The fraction of sp³-hybridized carbons (Fsp3) is 0.214. The number of carbonyl (C=O) groups excluding carboxylic acids is 3. The van der Waals surface area contributed by atoms with E-state index in [1.165, 1.54) is 10.1 Å². The highest BCUT2D eigenvalue weighted by molar-refractivity contribution is 6.25. The number of benzene rings is 3. The first-order valence-electron chi connectivity index (χ1n) is 12.3. The number of hydrazine groups is 1. The summed E-state index contributed by atoms with van der Waals surface area (Å²) in [5, 5.41) is 2.38. The lowest BCUT2D eigenvalue weighted by atomic mass is 9.96. The van der Waals surface area contributed by atoms with Crippen LogP contribution in [-0.2, 0) is 16.0 Å². The van der Waals surface area contributed by atoms with Crippen LogP contribution in [0.2, 0.25) is 0 Å². The number of rotatable bonds is 4. The van der Waals surface area contributed by atoms with Gasteiger partial charge in [-0.1, -0.05) is 66.6 Å². The number of hydrogen-bond acceptors (Lipinski definition) is 5. The Kier molecular flexibility index (Phi) is 5.05. The van der Waals surface area contributed by atoms with Crippen LogP contribution in [0, 0.1) is 0 Å². The van der Waals surface area contributed by atoms with Gasteiger partial charge in [0.2, 0.25) is 0 Å². The van der Waals surface area contributed by atoms with Crippen LogP contribution in [0.3, 0.4) is 0 Å². The molecule has 3 aromatic rings. The Bertz CT molecular complexity index is 1500. The maximum Gasteiger partial charge on any atom is 0.391 e. The Morgan fingerprint density at radius 1 is 1.00 bits per heavy atom. The molecule has 4 aliphatic heterocycles. The molecule has 0 aliphatic carbocycles. The second-order valence-electron chi connectivity index (χ2n) is 9.55. The maximum atomic E-state index is 14.5. The van der Waals surface area contributed by atoms with Gasteiger partial charge in [0.25, 0.3) is 6.17 Å². The van der Waals surface area contributed by atoms with Gasteiger partial charge in [0.15, 0.2) is 5.69 Å². The van der Waals surface area contributed by atoms with E-state index < -0.39 is 34.6 Å². The highest BCUT2D eigenvalue weighted by atomic mass is 16.3. The van der Waals surface area contributed by atoms with Crippen molar-refractivity contribution in [3.8, 4) is 0 Å². The van der Waals surface area contributed by atoms with Crippen LogP contribution in [0.25, 0.3) is 0 Å². The number of quaternary nitrogens is 1. The van der Waals surface area contributed by atoms with Gasteiger partial charge in [-0.05, 0) is 31.0 Å². The minimum atomic E-state index is -1.24. The molecule has 9 nitrogen and oxygen atoms in total. The first-order valence-corrected chi connectivity index (χ1v) is 12.3. The highest BCUT2D eigenvalue weighted by Crippen LogP contribution is 2.49. The number of nitrogens with two attached hydrogens (primary N) is 1. The van der Waals surface area contributed by atoms with Crippen LogP contribution in [0.5, 0.6) is 0 Å². The van der Waals surface area contributed by atoms with Gasteiger partial charge in [-0.25, -0.2) is 14.6 Å². The van der Waals surface area contributed by atoms with E-state index in [1.807, 2.05) is 79.7 Å². The third kappa shape index (κ3) is 2.98. The number of aliphatic imine (C=N–C) groups is 1. The minimum absolute atomic E-state index is 0.405. The molecule has 3 aromatic carbocycles. The lowest BCUT2D eigenvalue weighted by Crippen LogP contribution is -2.67. The largest absolute Gasteiger partial charge is 0.391 e. The van der Waals surface area contributed by atoms with Gasteiger partial charge in [-0.3, -0.25) is 9.69 Å². The molecule has 7 rings (SSSR count). The fourth-order valence-electron chi connectivity index (χ4n) is 5.51. The molecule has 4 aliphatic rings. The molecular weight excluding hydrogens is 468 g/mol. The van der Waals surface area contributed by atoms with E-state index in [1.54, 1.807) is 18.9 Å². The molecule has 0 spiro atoms. The van der Waals surface area contributed by atoms with Crippen molar-refractivity contribution in [3.05, 3.63) is 89.5 Å². The van der Waals surface area contributed by atoms with Crippen molar-refractivity contribution in [3.63, 3.8) is 0 Å². The summed E-state index contributed by atoms with van der Waals surface area (Å²) in [7, 11) is 1.63. The maximum absolute atomic E-state index is 14.5. The van der Waals surface area contributed by atoms with Gasteiger partial charge in [0, 0.05) is 11.6 Å². The number of hydrogen-bond donors (Lipinski definition) is 1. The summed E-state index contributed by atoms with van der Waals surface area (Å²) in [6.07, 6.45) is -0.556. The van der Waals surface area contributed by atoms with Crippen molar-refractivity contribution < 1.29 is 14.4 Å². The van der Waals surface area contributed by atoms with Crippen molar-refractivity contribution in [2.75, 3.05) is 11.9 Å². The molecule has 37 heavy (non-hydrogen) atoms. The number of nitrogens with zero attached hydrogens (tertiary/aromatic N) is 5. The minimum Gasteiger partial charge on any atom is -0.320 e. The zero-order chi connectivity index (χ0) is 26.1. The Morgan fingerprint density at radius 2 is 1.68 bits per heavy atom. The smallest absolute Gasteiger partial charge is 0.320 e. The quantitative estimate of drug-likeness (QED) is 0.560. The number of carbonyl (C=O) groups is 3. The summed E-state index contributed by atoms with van der Waals surface area (Å²) in [5.74, 6) is -0.954. The normalized spacial score (nSPS) is 22.6. The zero-order valence-corrected chi connectivity index (χ0v) is 20.8. The van der Waals surface area contributed by atoms with Crippen LogP contribution in [0.4, 0.5) is 21.9 Å². The standard InChI is InChI=1S/C28H27N6O3/c1-4-18-11-8-9-14-20(18)31-21-15-10-16-22-23(21)24(19-12-6-5-7-13-19)30-25-27(36)34(22,3)33(26(35)17(2)29)32(25)28(31)37/h5-17,25H,4,29H2,1-3H3/q+1/t17-,25?,34+/m0/s1. The number of amides is 4. The molecule has 0 radical (unpaired) electrons. The Balaban J connectivity index is 1.76. The highest BCUT2D eigenvalue weighted by Gasteiger charge is 2.67. The van der Waals surface area contributed by atoms with Gasteiger partial charge in [-0.15, -0.1) is 9.60 Å². The third-order valence-corrected chi connectivity index (χ3v) is 7.32. The number of likely N-dealkylation sites (N-methyl/N-ethyl adjacent to an activating group) is 1. The van der Waals surface area contributed by atoms with E-state index in [9.17, 15) is 14.4 Å². The fourth-order valence-corrected chi connectivity index (χ4v) is 5.51. The number of anilines is 2. The number of urea groups is 1. The van der Waals surface area contributed by atoms with Crippen molar-refractivity contribution >= 4 is 40.6 Å². The Labute approximate surface area is 214 Å². The van der Waals surface area contributed by atoms with Crippen LogP contribution in [0.15, 0.2) is 77.8 Å². The molecule has 1 unspecified atom stereocenters. The topological polar surface area (TPSA) is 99.3 Å². The zero-order valence-electron chi connectivity index (χ0n) is 20.8. The lowest BCUT2D eigenvalue weighted by molar-refractivity contribution is -0.166. The van der Waals surface area contributed by atoms with Gasteiger partial charge in [-0.2, -0.15) is 0 Å². The molecular formula is C28H27N6O3+. The number of aryl methyl sites for hydroxylation is 1. The summed E-state index contributed by atoms with van der Waals surface area (Å²) in [6, 6.07) is 21.3. The van der Waals surface area contributed by atoms with Crippen molar-refractivity contribution in [1.29, 1.82) is 0 Å².